The van der Waals surface area contributed by atoms with Gasteiger partial charge < -0.3 is 14.0 Å². The number of hydrogen-bond donors (Lipinski definition) is 1. The number of aromatic nitrogens is 4. The lowest BCUT2D eigenvalue weighted by Crippen LogP contribution is -2.25. The summed E-state index contributed by atoms with van der Waals surface area (Å²) in [7, 11) is -2.39. The molecule has 2 aromatic carbocycles. The second-order valence-electron chi connectivity index (χ2n) is 7.70. The van der Waals surface area contributed by atoms with Crippen LogP contribution in [0.5, 0.6) is 0 Å². The topological polar surface area (TPSA) is 130 Å². The van der Waals surface area contributed by atoms with Gasteiger partial charge in [0.05, 0.1) is 29.5 Å². The Balaban J connectivity index is 1.59. The summed E-state index contributed by atoms with van der Waals surface area (Å²) in [4.78, 5) is 12.7. The van der Waals surface area contributed by atoms with E-state index in [2.05, 4.69) is 15.0 Å². The molecule has 0 saturated heterocycles. The molecular formula is C23H25N5O6S. The van der Waals surface area contributed by atoms with Crippen LogP contribution in [0.3, 0.4) is 0 Å². The summed E-state index contributed by atoms with van der Waals surface area (Å²) < 4.78 is 46.7. The van der Waals surface area contributed by atoms with Crippen LogP contribution in [0.15, 0.2) is 69.1 Å². The van der Waals surface area contributed by atoms with Crippen molar-refractivity contribution in [2.45, 2.75) is 25.5 Å². The molecule has 0 amide bonds. The Kier molecular flexibility index (Phi) is 7.15. The molecule has 0 aliphatic rings. The van der Waals surface area contributed by atoms with E-state index in [4.69, 9.17) is 14.0 Å². The molecule has 12 heteroatoms. The van der Waals surface area contributed by atoms with Gasteiger partial charge in [-0.3, -0.25) is 4.57 Å². The standard InChI is InChI=1S/C23H25N5O6S/c1-16-17(2)25-34-22(16)26-35(30,31)21-7-5-4-6-20(21)18-8-10-19(11-9-18)28-23(29)27(14-24-28)15-33-13-12-32-3/h4-11,14,26H,12-13,15H2,1-3H3. The van der Waals surface area contributed by atoms with Crippen molar-refractivity contribution >= 4 is 15.9 Å². The van der Waals surface area contributed by atoms with E-state index in [9.17, 15) is 13.2 Å². The number of nitrogens with one attached hydrogen (secondary N) is 1. The Hall–Kier alpha value is -3.74. The largest absolute Gasteiger partial charge is 0.382 e. The number of hydrogen-bond acceptors (Lipinski definition) is 8. The maximum atomic E-state index is 13.1. The molecule has 0 atom stereocenters. The van der Waals surface area contributed by atoms with Crippen molar-refractivity contribution in [1.82, 2.24) is 19.5 Å². The highest BCUT2D eigenvalue weighted by Crippen LogP contribution is 2.30. The molecule has 35 heavy (non-hydrogen) atoms. The fraction of sp³-hybridized carbons (Fsp3) is 0.261. The summed E-state index contributed by atoms with van der Waals surface area (Å²) in [6.45, 7) is 4.30. The SMILES string of the molecule is COCCOCn1cnn(-c2ccc(-c3ccccc3S(=O)(=O)Nc3onc(C)c3C)cc2)c1=O. The quantitative estimate of drug-likeness (QED) is 0.330. The number of aryl methyl sites for hydroxylation is 1. The lowest BCUT2D eigenvalue weighted by molar-refractivity contribution is 0.0326. The van der Waals surface area contributed by atoms with Crippen molar-refractivity contribution in [3.63, 3.8) is 0 Å². The first kappa shape index (κ1) is 24.4. The van der Waals surface area contributed by atoms with Crippen LogP contribution in [0.2, 0.25) is 0 Å². The molecule has 0 saturated carbocycles. The second kappa shape index (κ2) is 10.3. The Morgan fingerprint density at radius 1 is 1.06 bits per heavy atom. The van der Waals surface area contributed by atoms with Crippen molar-refractivity contribution in [3.05, 3.63) is 76.6 Å². The number of methoxy groups -OCH3 is 1. The lowest BCUT2D eigenvalue weighted by atomic mass is 10.1. The summed E-state index contributed by atoms with van der Waals surface area (Å²) >= 11 is 0. The van der Waals surface area contributed by atoms with E-state index in [-0.39, 0.29) is 23.2 Å². The maximum absolute atomic E-state index is 13.1. The fourth-order valence-electron chi connectivity index (χ4n) is 3.31. The van der Waals surface area contributed by atoms with Crippen molar-refractivity contribution in [3.8, 4) is 16.8 Å². The molecule has 184 valence electrons. The van der Waals surface area contributed by atoms with Gasteiger partial charge in [0, 0.05) is 18.2 Å². The van der Waals surface area contributed by atoms with Crippen molar-refractivity contribution < 1.29 is 22.4 Å². The van der Waals surface area contributed by atoms with Gasteiger partial charge in [-0.2, -0.15) is 9.78 Å². The first-order valence-corrected chi connectivity index (χ1v) is 12.2. The highest BCUT2D eigenvalue weighted by molar-refractivity contribution is 7.92. The molecule has 0 aliphatic carbocycles. The van der Waals surface area contributed by atoms with Crippen LogP contribution in [0.1, 0.15) is 11.3 Å². The molecule has 0 bridgehead atoms. The van der Waals surface area contributed by atoms with Gasteiger partial charge in [-0.25, -0.2) is 17.9 Å². The normalized spacial score (nSPS) is 11.6. The van der Waals surface area contributed by atoms with Crippen molar-refractivity contribution in [2.75, 3.05) is 25.0 Å². The number of benzene rings is 2. The fourth-order valence-corrected chi connectivity index (χ4v) is 4.59. The zero-order valence-electron chi connectivity index (χ0n) is 19.5. The predicted molar refractivity (Wildman–Crippen MR) is 128 cm³/mol. The molecule has 2 heterocycles. The van der Waals surface area contributed by atoms with E-state index in [0.29, 0.717) is 41.3 Å². The number of nitrogens with zero attached hydrogens (tertiary/aromatic N) is 4. The minimum Gasteiger partial charge on any atom is -0.382 e. The molecule has 0 aliphatic heterocycles. The predicted octanol–water partition coefficient (Wildman–Crippen LogP) is 2.73. The van der Waals surface area contributed by atoms with Crippen molar-refractivity contribution in [1.29, 1.82) is 0 Å². The van der Waals surface area contributed by atoms with E-state index in [1.165, 1.54) is 21.6 Å². The first-order valence-electron chi connectivity index (χ1n) is 10.7. The smallest absolute Gasteiger partial charge is 0.352 e. The maximum Gasteiger partial charge on any atom is 0.352 e. The molecule has 0 radical (unpaired) electrons. The van der Waals surface area contributed by atoms with Gasteiger partial charge in [-0.15, -0.1) is 0 Å². The third-order valence-electron chi connectivity index (χ3n) is 5.38. The zero-order valence-corrected chi connectivity index (χ0v) is 20.3. The van der Waals surface area contributed by atoms with E-state index < -0.39 is 10.0 Å². The van der Waals surface area contributed by atoms with E-state index >= 15 is 0 Å². The van der Waals surface area contributed by atoms with Gasteiger partial charge >= 0.3 is 5.69 Å². The zero-order chi connectivity index (χ0) is 25.0. The summed E-state index contributed by atoms with van der Waals surface area (Å²) in [6.07, 6.45) is 1.39. The molecule has 11 nitrogen and oxygen atoms in total. The monoisotopic (exact) mass is 499 g/mol. The first-order chi connectivity index (χ1) is 16.8. The summed E-state index contributed by atoms with van der Waals surface area (Å²) in [5.41, 5.74) is 2.52. The average molecular weight is 500 g/mol. The minimum absolute atomic E-state index is 0.0582. The highest BCUT2D eigenvalue weighted by atomic mass is 32.2. The average Bonchev–Trinajstić information content (AvgIpc) is 3.38. The van der Waals surface area contributed by atoms with Crippen LogP contribution in [-0.4, -0.2) is 48.2 Å². The Labute approximate surface area is 201 Å². The Bertz CT molecular complexity index is 1470. The van der Waals surface area contributed by atoms with Gasteiger partial charge in [-0.1, -0.05) is 35.5 Å². The highest BCUT2D eigenvalue weighted by Gasteiger charge is 2.22. The van der Waals surface area contributed by atoms with Crippen LogP contribution in [-0.2, 0) is 26.2 Å². The van der Waals surface area contributed by atoms with E-state index in [1.54, 1.807) is 63.4 Å². The summed E-state index contributed by atoms with van der Waals surface area (Å²) in [5.74, 6) is 0.0776. The van der Waals surface area contributed by atoms with Gasteiger partial charge in [0.1, 0.15) is 13.1 Å². The van der Waals surface area contributed by atoms with Crippen LogP contribution in [0.25, 0.3) is 16.8 Å². The molecule has 1 N–H and O–H groups in total. The second-order valence-corrected chi connectivity index (χ2v) is 9.35. The molecule has 0 fully saturated rings. The number of anilines is 1. The van der Waals surface area contributed by atoms with E-state index in [0.717, 1.165) is 0 Å². The molecule has 0 spiro atoms. The van der Waals surface area contributed by atoms with Gasteiger partial charge in [0.2, 0.25) is 5.88 Å². The van der Waals surface area contributed by atoms with Crippen LogP contribution >= 0.6 is 0 Å². The van der Waals surface area contributed by atoms with E-state index in [1.807, 2.05) is 0 Å². The van der Waals surface area contributed by atoms with Gasteiger partial charge in [0.15, 0.2) is 0 Å². The molecule has 2 aromatic heterocycles. The number of sulfonamides is 1. The Morgan fingerprint density at radius 3 is 2.49 bits per heavy atom. The molecule has 0 unspecified atom stereocenters. The summed E-state index contributed by atoms with van der Waals surface area (Å²) in [6, 6.07) is 13.5. The number of rotatable bonds is 10. The van der Waals surface area contributed by atoms with Gasteiger partial charge in [0.25, 0.3) is 10.0 Å². The van der Waals surface area contributed by atoms with Crippen molar-refractivity contribution in [2.24, 2.45) is 0 Å². The summed E-state index contributed by atoms with van der Waals surface area (Å²) in [5, 5.41) is 7.93. The number of ether oxygens (including phenoxy) is 2. The van der Waals surface area contributed by atoms with Crippen LogP contribution in [0.4, 0.5) is 5.88 Å². The minimum atomic E-state index is -3.96. The third kappa shape index (κ3) is 5.19. The van der Waals surface area contributed by atoms with Gasteiger partial charge in [-0.05, 0) is 37.6 Å². The molecule has 4 aromatic rings. The Morgan fingerprint density at radius 2 is 1.80 bits per heavy atom. The molecule has 4 rings (SSSR count). The van der Waals surface area contributed by atoms with Crippen LogP contribution < -0.4 is 10.4 Å². The lowest BCUT2D eigenvalue weighted by Gasteiger charge is -2.12. The van der Waals surface area contributed by atoms with Crippen LogP contribution in [0, 0.1) is 13.8 Å². The molecular weight excluding hydrogens is 474 g/mol. The third-order valence-corrected chi connectivity index (χ3v) is 6.77.